The van der Waals surface area contributed by atoms with Gasteiger partial charge in [-0.15, -0.1) is 0 Å². The summed E-state index contributed by atoms with van der Waals surface area (Å²) in [4.78, 5) is 40.9. The third-order valence-electron chi connectivity index (χ3n) is 13.4. The van der Waals surface area contributed by atoms with Crippen LogP contribution < -0.4 is 15.5 Å². The fraction of sp³-hybridized carbons (Fsp3) is 0.556. The molecule has 18 heteroatoms. The van der Waals surface area contributed by atoms with Crippen molar-refractivity contribution in [1.29, 1.82) is 0 Å². The van der Waals surface area contributed by atoms with Gasteiger partial charge in [0.15, 0.2) is 5.71 Å². The van der Waals surface area contributed by atoms with Crippen molar-refractivity contribution in [2.45, 2.75) is 140 Å². The van der Waals surface area contributed by atoms with Crippen LogP contribution in [0.3, 0.4) is 0 Å². The number of carbonyl (C=O) groups excluding carboxylic acids is 3. The maximum atomic E-state index is 13.3. The summed E-state index contributed by atoms with van der Waals surface area (Å²) >= 11 is 0. The van der Waals surface area contributed by atoms with Crippen molar-refractivity contribution in [1.82, 2.24) is 10.6 Å². The smallest absolute Gasteiger partial charge is 0.305 e. The Bertz CT molecular complexity index is 2310. The molecule has 12 N–H and O–H groups in total. The molecule has 0 fully saturated rings. The van der Waals surface area contributed by atoms with Gasteiger partial charge in [-0.1, -0.05) is 58.1 Å². The number of benzene rings is 2. The number of ether oxygens (including phenoxy) is 1. The third-order valence-corrected chi connectivity index (χ3v) is 13.4. The molecule has 72 heavy (non-hydrogen) atoms. The summed E-state index contributed by atoms with van der Waals surface area (Å²) in [6.45, 7) is 13.7. The number of nitrogens with zero attached hydrogens (tertiary/aromatic N) is 2. The molecule has 4 rings (SSSR count). The first-order valence-corrected chi connectivity index (χ1v) is 24.8. The van der Waals surface area contributed by atoms with Crippen molar-refractivity contribution in [3.8, 4) is 0 Å². The van der Waals surface area contributed by atoms with Crippen molar-refractivity contribution >= 4 is 34.9 Å². The Morgan fingerprint density at radius 1 is 0.681 bits per heavy atom. The van der Waals surface area contributed by atoms with E-state index >= 15 is 0 Å². The molecule has 0 saturated heterocycles. The molecule has 398 valence electrons. The number of unbranched alkanes of at least 4 members (excludes halogenated alkanes) is 2. The number of aliphatic hydroxyl groups excluding tert-OH is 10. The van der Waals surface area contributed by atoms with E-state index < -0.39 is 97.8 Å². The predicted molar refractivity (Wildman–Crippen MR) is 273 cm³/mol. The first kappa shape index (κ1) is 59.4. The second kappa shape index (κ2) is 27.2. The number of allylic oxidation sites excluding steroid dienone is 8. The van der Waals surface area contributed by atoms with Gasteiger partial charge in [0, 0.05) is 78.1 Å². The maximum Gasteiger partial charge on any atom is 0.305 e. The molecule has 0 spiro atoms. The van der Waals surface area contributed by atoms with E-state index in [-0.39, 0.29) is 5.97 Å². The van der Waals surface area contributed by atoms with Crippen molar-refractivity contribution in [3.63, 3.8) is 0 Å². The molecule has 8 unspecified atom stereocenters. The van der Waals surface area contributed by atoms with Crippen molar-refractivity contribution < 1.29 is 74.8 Å². The van der Waals surface area contributed by atoms with Crippen LogP contribution in [0, 0.1) is 5.92 Å². The first-order valence-electron chi connectivity index (χ1n) is 24.8. The lowest BCUT2D eigenvalue weighted by Gasteiger charge is -2.27. The largest absolute Gasteiger partial charge is 0.466 e. The zero-order chi connectivity index (χ0) is 53.5. The highest BCUT2D eigenvalue weighted by Crippen LogP contribution is 2.48. The number of esters is 1. The van der Waals surface area contributed by atoms with Crippen LogP contribution in [0.1, 0.15) is 112 Å². The Balaban J connectivity index is 1.54. The molecule has 0 saturated carbocycles. The molecule has 8 atom stereocenters. The number of amides is 2. The standard InChI is InChI=1S/C54H78N4O14/c1-8-72-46(65)19-15-12-16-25-57-38-22-20-34(51(70)55-29-40(61)47(66)49(68)42(63)31-59)27-36(38)53(4,5)44(57)17-13-10-9-11-14-18-45-54(6,7)37-28-35(21-23-39(37)58(45)26-24-33(2)3)52(71)56-30-41(62)48(67)50(69)43(64)32-60/h9-11,13-14,17-18,20-23,27-28,33,40-43,47-50,59-64,66-69H,8,12,15-16,19,24-26,29-32H2,1-7H3,(H-,55,56,70,71)/p+1. The lowest BCUT2D eigenvalue weighted by Crippen LogP contribution is -2.49. The second-order valence-corrected chi connectivity index (χ2v) is 19.9. The lowest BCUT2D eigenvalue weighted by molar-refractivity contribution is -0.438. The van der Waals surface area contributed by atoms with Gasteiger partial charge in [-0.25, -0.2) is 0 Å². The molecule has 18 nitrogen and oxygen atoms in total. The minimum atomic E-state index is -1.82. The zero-order valence-electron chi connectivity index (χ0n) is 42.7. The highest BCUT2D eigenvalue weighted by molar-refractivity contribution is 6.04. The number of nitrogens with one attached hydrogen (secondary N) is 2. The van der Waals surface area contributed by atoms with Crippen LogP contribution in [0.25, 0.3) is 0 Å². The number of carbonyl (C=O) groups is 3. The quantitative estimate of drug-likeness (QED) is 0.0251. The van der Waals surface area contributed by atoms with Gasteiger partial charge in [-0.05, 0) is 87.9 Å². The highest BCUT2D eigenvalue weighted by Gasteiger charge is 2.45. The van der Waals surface area contributed by atoms with E-state index in [2.05, 4.69) is 67.7 Å². The predicted octanol–water partition coefficient (Wildman–Crippen LogP) is 1.91. The first-order chi connectivity index (χ1) is 34.0. The van der Waals surface area contributed by atoms with Gasteiger partial charge in [0.25, 0.3) is 11.8 Å². The van der Waals surface area contributed by atoms with E-state index in [9.17, 15) is 55.2 Å². The Labute approximate surface area is 423 Å². The van der Waals surface area contributed by atoms with Crippen LogP contribution in [0.15, 0.2) is 84.6 Å². The Kier molecular flexibility index (Phi) is 22.5. The molecule has 0 aromatic heterocycles. The average Bonchev–Trinajstić information content (AvgIpc) is 3.70. The molecule has 2 heterocycles. The van der Waals surface area contributed by atoms with E-state index in [1.165, 1.54) is 0 Å². The summed E-state index contributed by atoms with van der Waals surface area (Å²) < 4.78 is 7.31. The highest BCUT2D eigenvalue weighted by atomic mass is 16.5. The molecule has 2 aliphatic heterocycles. The molecule has 0 bridgehead atoms. The topological polar surface area (TPSA) is 293 Å². The number of fused-ring (bicyclic) bond motifs is 2. The van der Waals surface area contributed by atoms with Gasteiger partial charge in [-0.3, -0.25) is 14.4 Å². The summed E-state index contributed by atoms with van der Waals surface area (Å²) in [5.74, 6) is -0.820. The van der Waals surface area contributed by atoms with E-state index in [0.29, 0.717) is 43.0 Å². The van der Waals surface area contributed by atoms with Crippen LogP contribution in [0.4, 0.5) is 11.4 Å². The van der Waals surface area contributed by atoms with Gasteiger partial charge in [0.05, 0.1) is 37.4 Å². The molecule has 2 aromatic rings. The summed E-state index contributed by atoms with van der Waals surface area (Å²) in [6.07, 6.45) is 3.49. The molecular weight excluding hydrogens is 929 g/mol. The van der Waals surface area contributed by atoms with Gasteiger partial charge in [0.2, 0.25) is 5.69 Å². The SMILES string of the molecule is CCOC(=O)CCCCC[N+]1=C(C=CC=CC=CC=C2N(CCC(C)C)c3ccc(C(=O)NCC(O)C(O)C(O)C(O)CO)cc3C2(C)C)C(C)(C)c2cc(C(=O)NCC(O)C(O)C(O)C(O)CO)ccc21. The monoisotopic (exact) mass is 1010 g/mol. The fourth-order valence-electron chi connectivity index (χ4n) is 8.90. The van der Waals surface area contributed by atoms with E-state index in [1.54, 1.807) is 25.1 Å². The van der Waals surface area contributed by atoms with Gasteiger partial charge in [0.1, 0.15) is 43.2 Å². The number of aliphatic hydroxyl groups is 10. The van der Waals surface area contributed by atoms with E-state index in [0.717, 1.165) is 59.7 Å². The Hall–Kier alpha value is -5.12. The zero-order valence-corrected chi connectivity index (χ0v) is 42.7. The minimum absolute atomic E-state index is 0.225. The number of anilines is 1. The minimum Gasteiger partial charge on any atom is -0.466 e. The Morgan fingerprint density at radius 2 is 1.21 bits per heavy atom. The number of rotatable bonds is 28. The molecule has 2 aromatic carbocycles. The van der Waals surface area contributed by atoms with Crippen LogP contribution >= 0.6 is 0 Å². The molecule has 0 aliphatic carbocycles. The van der Waals surface area contributed by atoms with Gasteiger partial charge >= 0.3 is 5.97 Å². The van der Waals surface area contributed by atoms with E-state index in [4.69, 9.17) is 14.9 Å². The summed E-state index contributed by atoms with van der Waals surface area (Å²) in [5, 5.41) is 104. The van der Waals surface area contributed by atoms with Crippen LogP contribution in [0.2, 0.25) is 0 Å². The lowest BCUT2D eigenvalue weighted by atomic mass is 9.80. The van der Waals surface area contributed by atoms with Crippen molar-refractivity contribution in [2.24, 2.45) is 5.92 Å². The average molecular weight is 1010 g/mol. The molecule has 2 aliphatic rings. The van der Waals surface area contributed by atoms with Gasteiger partial charge in [-0.2, -0.15) is 4.58 Å². The van der Waals surface area contributed by atoms with Gasteiger partial charge < -0.3 is 71.3 Å². The van der Waals surface area contributed by atoms with Crippen LogP contribution in [-0.2, 0) is 20.4 Å². The molecule has 2 amide bonds. The summed E-state index contributed by atoms with van der Waals surface area (Å²) in [5.41, 5.74) is 5.27. The van der Waals surface area contributed by atoms with Crippen molar-refractivity contribution in [2.75, 3.05) is 50.9 Å². The normalized spacial score (nSPS) is 19.1. The number of hydrogen-bond donors (Lipinski definition) is 12. The fourth-order valence-corrected chi connectivity index (χ4v) is 8.90. The number of hydrogen-bond acceptors (Lipinski definition) is 15. The van der Waals surface area contributed by atoms with E-state index in [1.807, 2.05) is 54.7 Å². The van der Waals surface area contributed by atoms with Crippen molar-refractivity contribution in [3.05, 3.63) is 107 Å². The second-order valence-electron chi connectivity index (χ2n) is 19.9. The molecule has 0 radical (unpaired) electrons. The summed E-state index contributed by atoms with van der Waals surface area (Å²) in [6, 6.07) is 10.8. The molecular formula is C54H79N4O14+. The van der Waals surface area contributed by atoms with Crippen LogP contribution in [0.5, 0.6) is 0 Å². The summed E-state index contributed by atoms with van der Waals surface area (Å²) in [7, 11) is 0. The Morgan fingerprint density at radius 3 is 1.76 bits per heavy atom. The van der Waals surface area contributed by atoms with Crippen LogP contribution in [-0.4, -0.2) is 174 Å². The third kappa shape index (κ3) is 15.0. The maximum absolute atomic E-state index is 13.3.